The molecule has 2 aliphatic rings. The van der Waals surface area contributed by atoms with Crippen LogP contribution in [0.5, 0.6) is 0 Å². The lowest BCUT2D eigenvalue weighted by atomic mass is 9.85. The second-order valence-electron chi connectivity index (χ2n) is 9.77. The van der Waals surface area contributed by atoms with Gasteiger partial charge in [-0.1, -0.05) is 36.0 Å². The molecule has 37 heavy (non-hydrogen) atoms. The molecular weight excluding hydrogens is 515 g/mol. The Kier molecular flexibility index (Phi) is 7.38. The minimum atomic E-state index is -0.445. The first-order chi connectivity index (χ1) is 17.8. The van der Waals surface area contributed by atoms with E-state index in [-0.39, 0.29) is 23.9 Å². The van der Waals surface area contributed by atoms with E-state index in [0.29, 0.717) is 57.2 Å². The highest BCUT2D eigenvalue weighted by Gasteiger charge is 2.30. The summed E-state index contributed by atoms with van der Waals surface area (Å²) in [6.07, 6.45) is 7.63. The van der Waals surface area contributed by atoms with Crippen LogP contribution >= 0.6 is 23.2 Å². The van der Waals surface area contributed by atoms with Crippen molar-refractivity contribution in [1.29, 1.82) is 5.26 Å². The van der Waals surface area contributed by atoms with E-state index in [0.717, 1.165) is 38.5 Å². The zero-order valence-electron chi connectivity index (χ0n) is 20.1. The first kappa shape index (κ1) is 25.5. The summed E-state index contributed by atoms with van der Waals surface area (Å²) in [7, 11) is 0. The first-order valence-electron chi connectivity index (χ1n) is 12.5. The maximum atomic E-state index is 11.7. The molecular formula is C25H28Cl2N8O2. The zero-order valence-corrected chi connectivity index (χ0v) is 21.6. The van der Waals surface area contributed by atoms with Gasteiger partial charge in [0.1, 0.15) is 5.52 Å². The number of fused-ring (bicyclic) bond motifs is 1. The quantitative estimate of drug-likeness (QED) is 0.349. The molecule has 0 radical (unpaired) electrons. The Labute approximate surface area is 224 Å². The van der Waals surface area contributed by atoms with Crippen LogP contribution < -0.4 is 16.4 Å². The molecule has 0 bridgehead atoms. The maximum absolute atomic E-state index is 11.7. The van der Waals surface area contributed by atoms with Crippen LogP contribution in [0.3, 0.4) is 0 Å². The highest BCUT2D eigenvalue weighted by atomic mass is 35.5. The largest absolute Gasteiger partial charge is 0.391 e. The van der Waals surface area contributed by atoms with Crippen molar-refractivity contribution < 1.29 is 9.90 Å². The zero-order chi connectivity index (χ0) is 26.1. The molecule has 2 atom stereocenters. The highest BCUT2D eigenvalue weighted by molar-refractivity contribution is 6.39. The third kappa shape index (κ3) is 5.30. The normalized spacial score (nSPS) is 23.9. The Hall–Kier alpha value is -3.13. The molecule has 5 rings (SSSR count). The predicted octanol–water partition coefficient (Wildman–Crippen LogP) is 4.68. The Bertz CT molecular complexity index is 1340. The number of aliphatic hydroxyl groups excluding tert-OH is 1. The number of primary amides is 1. The SMILES string of the molecule is N#Cc1cc(Cl)c(Nc2nc3cnc(NC4CCCCC4O)nc3n2C2CCC(C(N)=O)CC2)c(Cl)c1. The lowest BCUT2D eigenvalue weighted by Gasteiger charge is -2.29. The van der Waals surface area contributed by atoms with Gasteiger partial charge in [0.25, 0.3) is 0 Å². The van der Waals surface area contributed by atoms with E-state index < -0.39 is 6.10 Å². The average Bonchev–Trinajstić information content (AvgIpc) is 3.24. The van der Waals surface area contributed by atoms with Crippen molar-refractivity contribution in [2.75, 3.05) is 10.6 Å². The Morgan fingerprint density at radius 3 is 2.46 bits per heavy atom. The summed E-state index contributed by atoms with van der Waals surface area (Å²) in [6, 6.07) is 5.01. The van der Waals surface area contributed by atoms with Gasteiger partial charge in [0.05, 0.1) is 45.7 Å². The molecule has 2 aliphatic carbocycles. The lowest BCUT2D eigenvalue weighted by Crippen LogP contribution is -2.36. The monoisotopic (exact) mass is 542 g/mol. The number of halogens is 2. The number of aromatic nitrogens is 4. The van der Waals surface area contributed by atoms with Crippen molar-refractivity contribution in [3.8, 4) is 6.07 Å². The molecule has 1 amide bonds. The number of hydrogen-bond donors (Lipinski definition) is 4. The molecule has 0 spiro atoms. The fourth-order valence-electron chi connectivity index (χ4n) is 5.33. The van der Waals surface area contributed by atoms with Crippen molar-refractivity contribution >= 4 is 57.9 Å². The topological polar surface area (TPSA) is 155 Å². The van der Waals surface area contributed by atoms with Gasteiger partial charge in [-0.25, -0.2) is 9.97 Å². The fourth-order valence-corrected chi connectivity index (χ4v) is 5.91. The number of carbonyl (C=O) groups excluding carboxylic acids is 1. The molecule has 10 nitrogen and oxygen atoms in total. The lowest BCUT2D eigenvalue weighted by molar-refractivity contribution is -0.122. The van der Waals surface area contributed by atoms with Crippen LogP contribution in [0.25, 0.3) is 11.2 Å². The van der Waals surface area contributed by atoms with E-state index in [2.05, 4.69) is 15.6 Å². The number of nitriles is 1. The number of carbonyl (C=O) groups is 1. The molecule has 194 valence electrons. The van der Waals surface area contributed by atoms with E-state index >= 15 is 0 Å². The van der Waals surface area contributed by atoms with Gasteiger partial charge in [-0.15, -0.1) is 0 Å². The third-order valence-electron chi connectivity index (χ3n) is 7.35. The number of rotatable bonds is 6. The summed E-state index contributed by atoms with van der Waals surface area (Å²) in [6.45, 7) is 0. The van der Waals surface area contributed by atoms with Crippen LogP contribution in [-0.4, -0.2) is 42.7 Å². The number of hydrogen-bond acceptors (Lipinski definition) is 8. The molecule has 12 heteroatoms. The number of amides is 1. The molecule has 2 fully saturated rings. The van der Waals surface area contributed by atoms with E-state index in [1.807, 2.05) is 10.6 Å². The Morgan fingerprint density at radius 2 is 1.81 bits per heavy atom. The summed E-state index contributed by atoms with van der Waals surface area (Å²) in [5, 5.41) is 26.8. The van der Waals surface area contributed by atoms with Gasteiger partial charge in [0.2, 0.25) is 17.8 Å². The van der Waals surface area contributed by atoms with Gasteiger partial charge in [-0.2, -0.15) is 10.2 Å². The standard InChI is InChI=1S/C25H28Cl2N8O2/c26-16-9-13(11-28)10-17(27)21(16)33-25-32-19-12-30-24(31-18-3-1-2-4-20(18)36)34-23(19)35(25)15-7-5-14(6-8-15)22(29)37/h9-10,12,14-15,18,20,36H,1-8H2,(H2,29,37)(H,32,33)(H,30,31,34). The summed E-state index contributed by atoms with van der Waals surface area (Å²) in [5.74, 6) is 0.481. The van der Waals surface area contributed by atoms with Crippen molar-refractivity contribution in [2.24, 2.45) is 11.7 Å². The second-order valence-corrected chi connectivity index (χ2v) is 10.6. The molecule has 2 heterocycles. The molecule has 5 N–H and O–H groups in total. The smallest absolute Gasteiger partial charge is 0.225 e. The van der Waals surface area contributed by atoms with Crippen molar-refractivity contribution in [3.63, 3.8) is 0 Å². The van der Waals surface area contributed by atoms with Crippen molar-refractivity contribution in [1.82, 2.24) is 19.5 Å². The van der Waals surface area contributed by atoms with Crippen molar-refractivity contribution in [3.05, 3.63) is 33.9 Å². The molecule has 0 aliphatic heterocycles. The predicted molar refractivity (Wildman–Crippen MR) is 142 cm³/mol. The van der Waals surface area contributed by atoms with Crippen LogP contribution in [0.2, 0.25) is 10.0 Å². The van der Waals surface area contributed by atoms with Gasteiger partial charge in [-0.05, 0) is 50.7 Å². The maximum Gasteiger partial charge on any atom is 0.225 e. The van der Waals surface area contributed by atoms with E-state index in [4.69, 9.17) is 38.9 Å². The summed E-state index contributed by atoms with van der Waals surface area (Å²) in [4.78, 5) is 25.7. The number of nitrogens with one attached hydrogen (secondary N) is 2. The van der Waals surface area contributed by atoms with Crippen LogP contribution in [0.4, 0.5) is 17.6 Å². The van der Waals surface area contributed by atoms with Crippen LogP contribution in [-0.2, 0) is 4.79 Å². The average molecular weight is 543 g/mol. The van der Waals surface area contributed by atoms with Crippen LogP contribution in [0, 0.1) is 17.2 Å². The highest BCUT2D eigenvalue weighted by Crippen LogP contribution is 2.39. The number of anilines is 3. The Morgan fingerprint density at radius 1 is 1.11 bits per heavy atom. The van der Waals surface area contributed by atoms with E-state index in [9.17, 15) is 15.2 Å². The van der Waals surface area contributed by atoms with E-state index in [1.54, 1.807) is 6.20 Å². The van der Waals surface area contributed by atoms with Gasteiger partial charge >= 0.3 is 0 Å². The van der Waals surface area contributed by atoms with Crippen molar-refractivity contribution in [2.45, 2.75) is 69.6 Å². The van der Waals surface area contributed by atoms with Gasteiger partial charge < -0.3 is 21.5 Å². The Balaban J connectivity index is 1.53. The number of nitrogens with two attached hydrogens (primary N) is 1. The number of benzene rings is 1. The van der Waals surface area contributed by atoms with E-state index in [1.165, 1.54) is 12.1 Å². The minimum Gasteiger partial charge on any atom is -0.391 e. The second kappa shape index (κ2) is 10.7. The van der Waals surface area contributed by atoms with Crippen LogP contribution in [0.15, 0.2) is 18.3 Å². The van der Waals surface area contributed by atoms with Gasteiger partial charge in [-0.3, -0.25) is 9.36 Å². The molecule has 1 aromatic carbocycles. The third-order valence-corrected chi connectivity index (χ3v) is 7.95. The summed E-state index contributed by atoms with van der Waals surface area (Å²) in [5.41, 5.74) is 7.54. The summed E-state index contributed by atoms with van der Waals surface area (Å²) >= 11 is 12.9. The number of imidazole rings is 1. The fraction of sp³-hybridized carbons (Fsp3) is 0.480. The molecule has 0 saturated heterocycles. The first-order valence-corrected chi connectivity index (χ1v) is 13.2. The molecule has 2 saturated carbocycles. The van der Waals surface area contributed by atoms with Gasteiger partial charge in [0.15, 0.2) is 5.65 Å². The molecule has 2 aromatic heterocycles. The number of aliphatic hydroxyl groups is 1. The minimum absolute atomic E-state index is 0.00190. The molecule has 3 aromatic rings. The van der Waals surface area contributed by atoms with Crippen LogP contribution in [0.1, 0.15) is 63.0 Å². The van der Waals surface area contributed by atoms with Gasteiger partial charge in [0, 0.05) is 12.0 Å². The molecule has 2 unspecified atom stereocenters. The summed E-state index contributed by atoms with van der Waals surface area (Å²) < 4.78 is 2.00. The number of nitrogens with zero attached hydrogens (tertiary/aromatic N) is 5.